The van der Waals surface area contributed by atoms with E-state index in [1.807, 2.05) is 9.80 Å². The molecule has 2 aromatic rings. The molecule has 0 bridgehead atoms. The fourth-order valence-electron chi connectivity index (χ4n) is 7.46. The van der Waals surface area contributed by atoms with E-state index >= 15 is 0 Å². The first-order valence-electron chi connectivity index (χ1n) is 14.6. The Kier molecular flexibility index (Phi) is 6.89. The summed E-state index contributed by atoms with van der Waals surface area (Å²) in [5.41, 5.74) is 3.82. The first-order valence-corrected chi connectivity index (χ1v) is 14.6. The molecule has 4 aliphatic heterocycles. The Hall–Kier alpha value is -2.93. The molecule has 5 heterocycles. The highest BCUT2D eigenvalue weighted by molar-refractivity contribution is 6.00. The molecule has 0 aliphatic carbocycles. The fourth-order valence-corrected chi connectivity index (χ4v) is 7.46. The van der Waals surface area contributed by atoms with Crippen LogP contribution in [0.5, 0.6) is 0 Å². The van der Waals surface area contributed by atoms with Gasteiger partial charge in [-0.25, -0.2) is 0 Å². The van der Waals surface area contributed by atoms with Gasteiger partial charge in [-0.1, -0.05) is 0 Å². The molecule has 1 aromatic heterocycles. The lowest BCUT2D eigenvalue weighted by Gasteiger charge is -2.46. The van der Waals surface area contributed by atoms with Crippen molar-refractivity contribution in [1.29, 1.82) is 0 Å². The van der Waals surface area contributed by atoms with Crippen molar-refractivity contribution in [3.63, 3.8) is 0 Å². The molecular formula is C31H41N5O2. The number of hydrogen-bond donors (Lipinski definition) is 0. The van der Waals surface area contributed by atoms with Crippen molar-refractivity contribution in [2.75, 3.05) is 49.1 Å². The van der Waals surface area contributed by atoms with E-state index in [0.717, 1.165) is 51.0 Å². The van der Waals surface area contributed by atoms with Gasteiger partial charge in [0.15, 0.2) is 0 Å². The van der Waals surface area contributed by atoms with Crippen LogP contribution in [0.4, 0.5) is 11.4 Å². The van der Waals surface area contributed by atoms with Crippen molar-refractivity contribution in [3.8, 4) is 0 Å². The normalized spacial score (nSPS) is 25.9. The average molecular weight is 516 g/mol. The summed E-state index contributed by atoms with van der Waals surface area (Å²) in [6.07, 6.45) is 10.6. The largest absolute Gasteiger partial charge is 0.370 e. The molecular weight excluding hydrogens is 474 g/mol. The molecule has 0 radical (unpaired) electrons. The topological polar surface area (TPSA) is 60.0 Å². The number of piperidine rings is 2. The van der Waals surface area contributed by atoms with Crippen LogP contribution < -0.4 is 9.80 Å². The number of pyridine rings is 1. The van der Waals surface area contributed by atoms with Crippen molar-refractivity contribution >= 4 is 23.2 Å². The second-order valence-electron chi connectivity index (χ2n) is 12.0. The molecule has 4 aliphatic rings. The molecule has 4 saturated heterocycles. The zero-order chi connectivity index (χ0) is 26.3. The summed E-state index contributed by atoms with van der Waals surface area (Å²) in [5.74, 6) is 0.289. The zero-order valence-corrected chi connectivity index (χ0v) is 22.9. The number of amides is 2. The summed E-state index contributed by atoms with van der Waals surface area (Å²) in [6, 6.07) is 11.6. The molecule has 1 spiro atoms. The van der Waals surface area contributed by atoms with Gasteiger partial charge in [0, 0.05) is 74.1 Å². The minimum Gasteiger partial charge on any atom is -0.370 e. The van der Waals surface area contributed by atoms with Crippen molar-refractivity contribution in [3.05, 3.63) is 53.9 Å². The third-order valence-corrected chi connectivity index (χ3v) is 9.74. The van der Waals surface area contributed by atoms with Crippen molar-refractivity contribution in [2.45, 2.75) is 70.9 Å². The van der Waals surface area contributed by atoms with E-state index in [1.54, 1.807) is 24.5 Å². The lowest BCUT2D eigenvalue weighted by atomic mass is 9.71. The van der Waals surface area contributed by atoms with E-state index in [-0.39, 0.29) is 17.2 Å². The Morgan fingerprint density at radius 2 is 1.74 bits per heavy atom. The van der Waals surface area contributed by atoms with Gasteiger partial charge in [0.1, 0.15) is 0 Å². The highest BCUT2D eigenvalue weighted by Crippen LogP contribution is 2.43. The molecule has 1 aromatic carbocycles. The molecule has 38 heavy (non-hydrogen) atoms. The van der Waals surface area contributed by atoms with Gasteiger partial charge in [-0.15, -0.1) is 0 Å². The van der Waals surface area contributed by atoms with Crippen LogP contribution in [0.25, 0.3) is 0 Å². The summed E-state index contributed by atoms with van der Waals surface area (Å²) in [5, 5.41) is 0. The van der Waals surface area contributed by atoms with Gasteiger partial charge in [-0.3, -0.25) is 19.5 Å². The van der Waals surface area contributed by atoms with Gasteiger partial charge < -0.3 is 14.7 Å². The van der Waals surface area contributed by atoms with Crippen LogP contribution in [0.2, 0.25) is 0 Å². The maximum Gasteiger partial charge on any atom is 0.253 e. The number of anilines is 2. The number of nitrogens with zero attached hydrogens (tertiary/aromatic N) is 5. The predicted octanol–water partition coefficient (Wildman–Crippen LogP) is 4.50. The number of aromatic nitrogens is 1. The number of hydrogen-bond acceptors (Lipinski definition) is 5. The van der Waals surface area contributed by atoms with Gasteiger partial charge in [0.25, 0.3) is 5.91 Å². The Balaban J connectivity index is 1.12. The Morgan fingerprint density at radius 3 is 2.45 bits per heavy atom. The Morgan fingerprint density at radius 1 is 0.947 bits per heavy atom. The zero-order valence-electron chi connectivity index (χ0n) is 22.9. The van der Waals surface area contributed by atoms with Crippen LogP contribution in [0.15, 0.2) is 42.7 Å². The van der Waals surface area contributed by atoms with Crippen molar-refractivity contribution < 1.29 is 9.59 Å². The standard InChI is InChI=1S/C31H41N5O2/c1-23-21-26(34-18-10-27(22-34)35-16-3-5-24(35)2)6-7-28(23)36-17-4-11-31(30(36)38)12-19-33(20-13-31)29(37)25-8-14-32-15-9-25/h6-9,14-15,21,24,27H,3-5,10-13,16-20,22H2,1-2H3/t24-,27-/m0/s1. The van der Waals surface area contributed by atoms with Gasteiger partial charge in [-0.05, 0) is 101 Å². The highest BCUT2D eigenvalue weighted by atomic mass is 16.2. The van der Waals surface area contributed by atoms with Gasteiger partial charge in [0.05, 0.1) is 5.41 Å². The van der Waals surface area contributed by atoms with E-state index in [1.165, 1.54) is 37.1 Å². The second kappa shape index (κ2) is 10.3. The molecule has 0 saturated carbocycles. The number of likely N-dealkylation sites (tertiary alicyclic amines) is 2. The van der Waals surface area contributed by atoms with Crippen LogP contribution in [-0.4, -0.2) is 78.0 Å². The van der Waals surface area contributed by atoms with Crippen LogP contribution >= 0.6 is 0 Å². The number of rotatable bonds is 4. The van der Waals surface area contributed by atoms with E-state index in [9.17, 15) is 9.59 Å². The molecule has 7 nitrogen and oxygen atoms in total. The Bertz CT molecular complexity index is 1180. The summed E-state index contributed by atoms with van der Waals surface area (Å²) >= 11 is 0. The molecule has 4 fully saturated rings. The number of aryl methyl sites for hydroxylation is 1. The third-order valence-electron chi connectivity index (χ3n) is 9.74. The molecule has 0 N–H and O–H groups in total. The smallest absolute Gasteiger partial charge is 0.253 e. The van der Waals surface area contributed by atoms with Crippen molar-refractivity contribution in [1.82, 2.24) is 14.8 Å². The molecule has 2 amide bonds. The minimum absolute atomic E-state index is 0.0390. The molecule has 202 valence electrons. The number of carbonyl (C=O) groups excluding carboxylic acids is 2. The maximum absolute atomic E-state index is 14.0. The second-order valence-corrected chi connectivity index (χ2v) is 12.0. The third kappa shape index (κ3) is 4.59. The molecule has 6 rings (SSSR count). The van der Waals surface area contributed by atoms with Crippen LogP contribution in [0.3, 0.4) is 0 Å². The molecule has 2 atom stereocenters. The fraction of sp³-hybridized carbons (Fsp3) is 0.581. The monoisotopic (exact) mass is 515 g/mol. The SMILES string of the molecule is Cc1cc(N2CC[C@H](N3CCC[C@@H]3C)C2)ccc1N1CCCC2(CCN(C(=O)c3ccncc3)CC2)C1=O. The Labute approximate surface area is 226 Å². The van der Waals surface area contributed by atoms with Crippen molar-refractivity contribution in [2.24, 2.45) is 5.41 Å². The summed E-state index contributed by atoms with van der Waals surface area (Å²) in [7, 11) is 0. The summed E-state index contributed by atoms with van der Waals surface area (Å²) < 4.78 is 0. The minimum atomic E-state index is -0.354. The maximum atomic E-state index is 14.0. The highest BCUT2D eigenvalue weighted by Gasteiger charge is 2.47. The quantitative estimate of drug-likeness (QED) is 0.600. The first-order chi connectivity index (χ1) is 18.4. The van der Waals surface area contributed by atoms with E-state index in [0.29, 0.717) is 30.7 Å². The molecule has 7 heteroatoms. The van der Waals surface area contributed by atoms with Gasteiger partial charge >= 0.3 is 0 Å². The van der Waals surface area contributed by atoms with Crippen LogP contribution in [0.1, 0.15) is 67.8 Å². The van der Waals surface area contributed by atoms with E-state index in [2.05, 4.69) is 46.8 Å². The average Bonchev–Trinajstić information content (AvgIpc) is 3.60. The summed E-state index contributed by atoms with van der Waals surface area (Å²) in [6.45, 7) is 10.0. The lowest BCUT2D eigenvalue weighted by molar-refractivity contribution is -0.133. The van der Waals surface area contributed by atoms with Gasteiger partial charge in [0.2, 0.25) is 5.91 Å². The molecule has 0 unspecified atom stereocenters. The van der Waals surface area contributed by atoms with E-state index in [4.69, 9.17) is 0 Å². The van der Waals surface area contributed by atoms with Crippen LogP contribution in [0, 0.1) is 12.3 Å². The van der Waals surface area contributed by atoms with Gasteiger partial charge in [-0.2, -0.15) is 0 Å². The number of benzene rings is 1. The predicted molar refractivity (Wildman–Crippen MR) is 151 cm³/mol. The van der Waals surface area contributed by atoms with Crippen LogP contribution in [-0.2, 0) is 4.79 Å². The summed E-state index contributed by atoms with van der Waals surface area (Å²) in [4.78, 5) is 40.1. The van der Waals surface area contributed by atoms with E-state index < -0.39 is 0 Å². The first kappa shape index (κ1) is 25.4. The lowest BCUT2D eigenvalue weighted by Crippen LogP contribution is -2.54. The number of carbonyl (C=O) groups is 2.